The molecule has 2 nitrogen and oxygen atoms in total. The number of rotatable bonds is 5. The summed E-state index contributed by atoms with van der Waals surface area (Å²) in [4.78, 5) is 5.60. The van der Waals surface area contributed by atoms with Gasteiger partial charge in [-0.1, -0.05) is 12.1 Å². The van der Waals surface area contributed by atoms with Gasteiger partial charge in [0.1, 0.15) is 11.6 Å². The van der Waals surface area contributed by atoms with Crippen molar-refractivity contribution in [2.45, 2.75) is 4.90 Å². The Labute approximate surface area is 140 Å². The predicted octanol–water partition coefficient (Wildman–Crippen LogP) is 3.88. The zero-order valence-corrected chi connectivity index (χ0v) is 13.7. The molecule has 0 saturated carbocycles. The van der Waals surface area contributed by atoms with Crippen LogP contribution in [0.3, 0.4) is 0 Å². The normalized spacial score (nSPS) is 15.8. The lowest BCUT2D eigenvalue weighted by Gasteiger charge is -2.36. The van der Waals surface area contributed by atoms with E-state index in [1.807, 2.05) is 24.3 Å². The Bertz CT molecular complexity index is 625. The van der Waals surface area contributed by atoms with Gasteiger partial charge in [-0.2, -0.15) is 0 Å². The van der Waals surface area contributed by atoms with Crippen LogP contribution < -0.4 is 4.90 Å². The molecule has 0 unspecified atom stereocenters. The smallest absolute Gasteiger partial charge is 0.146 e. The van der Waals surface area contributed by atoms with E-state index in [0.29, 0.717) is 5.69 Å². The lowest BCUT2D eigenvalue weighted by Crippen LogP contribution is -2.47. The summed E-state index contributed by atoms with van der Waals surface area (Å²) in [6.45, 7) is 4.58. The number of nitrogens with zero attached hydrogens (tertiary/aromatic N) is 2. The molecule has 1 saturated heterocycles. The molecule has 0 spiro atoms. The van der Waals surface area contributed by atoms with Gasteiger partial charge in [0.05, 0.1) is 5.69 Å². The van der Waals surface area contributed by atoms with Gasteiger partial charge in [0.2, 0.25) is 0 Å². The highest BCUT2D eigenvalue weighted by Gasteiger charge is 2.18. The minimum Gasteiger partial charge on any atom is -0.367 e. The maximum absolute atomic E-state index is 13.8. The van der Waals surface area contributed by atoms with Crippen molar-refractivity contribution in [2.75, 3.05) is 43.4 Å². The quantitative estimate of drug-likeness (QED) is 0.766. The minimum absolute atomic E-state index is 0.146. The van der Waals surface area contributed by atoms with E-state index in [1.165, 1.54) is 18.2 Å². The third-order valence-electron chi connectivity index (χ3n) is 4.06. The fourth-order valence-electron chi connectivity index (χ4n) is 2.74. The minimum atomic E-state index is -0.196. The van der Waals surface area contributed by atoms with Gasteiger partial charge in [-0.3, -0.25) is 4.90 Å². The van der Waals surface area contributed by atoms with E-state index in [1.54, 1.807) is 17.8 Å². The number of hydrogen-bond acceptors (Lipinski definition) is 3. The Kier molecular flexibility index (Phi) is 5.51. The predicted molar refractivity (Wildman–Crippen MR) is 92.2 cm³/mol. The van der Waals surface area contributed by atoms with Crippen LogP contribution in [0, 0.1) is 11.6 Å². The largest absolute Gasteiger partial charge is 0.367 e. The molecule has 2 aromatic rings. The van der Waals surface area contributed by atoms with Crippen molar-refractivity contribution in [3.63, 3.8) is 0 Å². The van der Waals surface area contributed by atoms with Crippen LogP contribution in [-0.4, -0.2) is 43.4 Å². The summed E-state index contributed by atoms with van der Waals surface area (Å²) in [7, 11) is 0. The van der Waals surface area contributed by atoms with Crippen molar-refractivity contribution in [1.29, 1.82) is 0 Å². The fourth-order valence-corrected chi connectivity index (χ4v) is 3.66. The second-order valence-corrected chi connectivity index (χ2v) is 6.75. The SMILES string of the molecule is Fc1ccc(SCCN2CCN(c3ccccc3F)CC2)cc1. The van der Waals surface area contributed by atoms with Gasteiger partial charge in [0.25, 0.3) is 0 Å². The molecular formula is C18H20F2N2S. The molecule has 0 aromatic heterocycles. The van der Waals surface area contributed by atoms with E-state index in [2.05, 4.69) is 9.80 Å². The first-order valence-corrected chi connectivity index (χ1v) is 8.81. The molecule has 1 fully saturated rings. The average Bonchev–Trinajstić information content (AvgIpc) is 2.58. The Balaban J connectivity index is 1.43. The van der Waals surface area contributed by atoms with Gasteiger partial charge in [-0.05, 0) is 36.4 Å². The van der Waals surface area contributed by atoms with Crippen LogP contribution in [-0.2, 0) is 0 Å². The first-order valence-electron chi connectivity index (χ1n) is 7.82. The number of piperazine rings is 1. The molecule has 23 heavy (non-hydrogen) atoms. The highest BCUT2D eigenvalue weighted by Crippen LogP contribution is 2.21. The number of anilines is 1. The van der Waals surface area contributed by atoms with E-state index in [9.17, 15) is 8.78 Å². The molecule has 0 N–H and O–H groups in total. The number of thioether (sulfide) groups is 1. The molecule has 122 valence electrons. The third kappa shape index (κ3) is 4.45. The second kappa shape index (κ2) is 7.79. The van der Waals surface area contributed by atoms with E-state index in [-0.39, 0.29) is 11.6 Å². The maximum atomic E-state index is 13.8. The van der Waals surface area contributed by atoms with Gasteiger partial charge < -0.3 is 4.90 Å². The fraction of sp³-hybridized carbons (Fsp3) is 0.333. The lowest BCUT2D eigenvalue weighted by atomic mass is 10.2. The van der Waals surface area contributed by atoms with E-state index in [0.717, 1.165) is 43.4 Å². The van der Waals surface area contributed by atoms with Crippen molar-refractivity contribution in [3.05, 3.63) is 60.2 Å². The Morgan fingerprint density at radius 3 is 2.26 bits per heavy atom. The van der Waals surface area contributed by atoms with E-state index >= 15 is 0 Å². The molecular weight excluding hydrogens is 314 g/mol. The molecule has 0 amide bonds. The van der Waals surface area contributed by atoms with Crippen LogP contribution in [0.5, 0.6) is 0 Å². The van der Waals surface area contributed by atoms with Crippen LogP contribution in [0.15, 0.2) is 53.4 Å². The molecule has 0 radical (unpaired) electrons. The van der Waals surface area contributed by atoms with Crippen molar-refractivity contribution in [1.82, 2.24) is 4.90 Å². The first kappa shape index (κ1) is 16.3. The molecule has 0 aliphatic carbocycles. The molecule has 0 bridgehead atoms. The van der Waals surface area contributed by atoms with Crippen LogP contribution in [0.1, 0.15) is 0 Å². The number of hydrogen-bond donors (Lipinski definition) is 0. The van der Waals surface area contributed by atoms with Crippen LogP contribution in [0.4, 0.5) is 14.5 Å². The highest BCUT2D eigenvalue weighted by molar-refractivity contribution is 7.99. The van der Waals surface area contributed by atoms with Gasteiger partial charge in [-0.15, -0.1) is 11.8 Å². The molecule has 3 rings (SSSR count). The Morgan fingerprint density at radius 1 is 0.870 bits per heavy atom. The van der Waals surface area contributed by atoms with Crippen molar-refractivity contribution < 1.29 is 8.78 Å². The highest BCUT2D eigenvalue weighted by atomic mass is 32.2. The molecule has 0 atom stereocenters. The van der Waals surface area contributed by atoms with Crippen molar-refractivity contribution in [2.24, 2.45) is 0 Å². The number of benzene rings is 2. The summed E-state index contributed by atoms with van der Waals surface area (Å²) in [5.74, 6) is 0.636. The van der Waals surface area contributed by atoms with Crippen LogP contribution >= 0.6 is 11.8 Å². The monoisotopic (exact) mass is 334 g/mol. The summed E-state index contributed by atoms with van der Waals surface area (Å²) < 4.78 is 26.7. The maximum Gasteiger partial charge on any atom is 0.146 e. The topological polar surface area (TPSA) is 6.48 Å². The third-order valence-corrected chi connectivity index (χ3v) is 5.05. The summed E-state index contributed by atoms with van der Waals surface area (Å²) in [5, 5.41) is 0. The Morgan fingerprint density at radius 2 is 1.57 bits per heavy atom. The summed E-state index contributed by atoms with van der Waals surface area (Å²) in [6.07, 6.45) is 0. The zero-order chi connectivity index (χ0) is 16.1. The number of para-hydroxylation sites is 1. The summed E-state index contributed by atoms with van der Waals surface area (Å²) in [6, 6.07) is 13.6. The standard InChI is InChI=1S/C18H20F2N2S/c19-15-5-7-16(8-6-15)23-14-13-21-9-11-22(12-10-21)18-4-2-1-3-17(18)20/h1-8H,9-14H2. The van der Waals surface area contributed by atoms with Crippen molar-refractivity contribution in [3.8, 4) is 0 Å². The molecule has 1 aliphatic heterocycles. The molecule has 1 heterocycles. The zero-order valence-electron chi connectivity index (χ0n) is 12.9. The Hall–Kier alpha value is -1.59. The van der Waals surface area contributed by atoms with E-state index in [4.69, 9.17) is 0 Å². The van der Waals surface area contributed by atoms with Crippen molar-refractivity contribution >= 4 is 17.4 Å². The second-order valence-electron chi connectivity index (χ2n) is 5.58. The van der Waals surface area contributed by atoms with E-state index < -0.39 is 0 Å². The van der Waals surface area contributed by atoms with Gasteiger partial charge >= 0.3 is 0 Å². The molecule has 5 heteroatoms. The van der Waals surface area contributed by atoms with Crippen LogP contribution in [0.2, 0.25) is 0 Å². The van der Waals surface area contributed by atoms with Crippen LogP contribution in [0.25, 0.3) is 0 Å². The van der Waals surface area contributed by atoms with Gasteiger partial charge in [-0.25, -0.2) is 8.78 Å². The molecule has 2 aromatic carbocycles. The number of halogens is 2. The lowest BCUT2D eigenvalue weighted by molar-refractivity contribution is 0.272. The summed E-state index contributed by atoms with van der Waals surface area (Å²) >= 11 is 1.74. The average molecular weight is 334 g/mol. The first-order chi connectivity index (χ1) is 11.2. The summed E-state index contributed by atoms with van der Waals surface area (Å²) in [5.41, 5.74) is 0.702. The molecule has 1 aliphatic rings. The van der Waals surface area contributed by atoms with Gasteiger partial charge in [0, 0.05) is 43.4 Å². The van der Waals surface area contributed by atoms with Gasteiger partial charge in [0.15, 0.2) is 0 Å².